The van der Waals surface area contributed by atoms with Crippen LogP contribution in [0, 0.1) is 0 Å². The van der Waals surface area contributed by atoms with Gasteiger partial charge in [0.05, 0.1) is 18.7 Å². The Kier molecular flexibility index (Phi) is 6.09. The highest BCUT2D eigenvalue weighted by atomic mass is 35.5. The third-order valence-corrected chi connectivity index (χ3v) is 5.76. The zero-order valence-electron chi connectivity index (χ0n) is 18.3. The SMILES string of the molecule is CNc1ccc2cc(C(=O)NCc3ccc(Cl)cc3)c(=O)n(CC(=O)N3CC(C)(O)C3)c2n1. The van der Waals surface area contributed by atoms with Gasteiger partial charge >= 0.3 is 0 Å². The summed E-state index contributed by atoms with van der Waals surface area (Å²) in [5.74, 6) is -0.363. The molecule has 3 aromatic rings. The molecule has 3 N–H and O–H groups in total. The van der Waals surface area contributed by atoms with Crippen LogP contribution in [-0.4, -0.2) is 57.1 Å². The fourth-order valence-corrected chi connectivity index (χ4v) is 3.89. The molecule has 0 saturated carbocycles. The summed E-state index contributed by atoms with van der Waals surface area (Å²) in [6.07, 6.45) is 0. The van der Waals surface area contributed by atoms with Gasteiger partial charge in [-0.1, -0.05) is 23.7 Å². The van der Waals surface area contributed by atoms with E-state index >= 15 is 0 Å². The molecule has 1 aliphatic heterocycles. The summed E-state index contributed by atoms with van der Waals surface area (Å²) in [6.45, 7) is 1.95. The third-order valence-electron chi connectivity index (χ3n) is 5.51. The van der Waals surface area contributed by atoms with E-state index in [4.69, 9.17) is 11.6 Å². The molecule has 1 aromatic carbocycles. The molecule has 33 heavy (non-hydrogen) atoms. The van der Waals surface area contributed by atoms with Gasteiger partial charge in [0.25, 0.3) is 11.5 Å². The summed E-state index contributed by atoms with van der Waals surface area (Å²) >= 11 is 5.89. The minimum atomic E-state index is -0.927. The molecule has 1 aliphatic rings. The number of pyridine rings is 2. The number of rotatable bonds is 6. The van der Waals surface area contributed by atoms with Gasteiger partial charge in [-0.15, -0.1) is 0 Å². The summed E-state index contributed by atoms with van der Waals surface area (Å²) in [5, 5.41) is 16.7. The largest absolute Gasteiger partial charge is 0.386 e. The van der Waals surface area contributed by atoms with Crippen molar-refractivity contribution in [3.8, 4) is 0 Å². The standard InChI is InChI=1S/C23H24ClN5O4/c1-23(33)12-28(13-23)19(30)11-29-20-15(5-8-18(25-2)27-20)9-17(22(29)32)21(31)26-10-14-3-6-16(24)7-4-14/h3-9,33H,10-13H2,1-2H3,(H,25,27)(H,26,31). The Bertz CT molecular complexity index is 1280. The number of likely N-dealkylation sites (tertiary alicyclic amines) is 1. The summed E-state index contributed by atoms with van der Waals surface area (Å²) < 4.78 is 1.21. The minimum absolute atomic E-state index is 0.0844. The second-order valence-corrected chi connectivity index (χ2v) is 8.80. The topological polar surface area (TPSA) is 117 Å². The molecule has 3 heterocycles. The highest BCUT2D eigenvalue weighted by Gasteiger charge is 2.39. The highest BCUT2D eigenvalue weighted by molar-refractivity contribution is 6.30. The number of carbonyl (C=O) groups excluding carboxylic acids is 2. The van der Waals surface area contributed by atoms with E-state index in [0.29, 0.717) is 21.9 Å². The summed E-state index contributed by atoms with van der Waals surface area (Å²) in [4.78, 5) is 44.8. The van der Waals surface area contributed by atoms with Crippen LogP contribution >= 0.6 is 11.6 Å². The Balaban J connectivity index is 1.66. The number of nitrogens with one attached hydrogen (secondary N) is 2. The summed E-state index contributed by atoms with van der Waals surface area (Å²) in [7, 11) is 1.70. The fourth-order valence-electron chi connectivity index (χ4n) is 3.76. The first-order valence-electron chi connectivity index (χ1n) is 10.4. The van der Waals surface area contributed by atoms with Crippen LogP contribution < -0.4 is 16.2 Å². The smallest absolute Gasteiger partial charge is 0.265 e. The zero-order valence-corrected chi connectivity index (χ0v) is 19.0. The van der Waals surface area contributed by atoms with Gasteiger partial charge in [0.2, 0.25) is 5.91 Å². The minimum Gasteiger partial charge on any atom is -0.386 e. The fraction of sp³-hybridized carbons (Fsp3) is 0.304. The summed E-state index contributed by atoms with van der Waals surface area (Å²) in [5.41, 5.74) is -0.504. The van der Waals surface area contributed by atoms with Crippen LogP contribution in [0.2, 0.25) is 5.02 Å². The van der Waals surface area contributed by atoms with Gasteiger partial charge in [-0.05, 0) is 42.8 Å². The first kappa shape index (κ1) is 22.8. The molecule has 0 radical (unpaired) electrons. The first-order valence-corrected chi connectivity index (χ1v) is 10.8. The molecule has 2 amide bonds. The lowest BCUT2D eigenvalue weighted by atomic mass is 9.97. The van der Waals surface area contributed by atoms with E-state index in [0.717, 1.165) is 5.56 Å². The molecule has 9 nitrogen and oxygen atoms in total. The number of aliphatic hydroxyl groups is 1. The molecule has 1 fully saturated rings. The molecule has 0 atom stereocenters. The number of aromatic nitrogens is 2. The van der Waals surface area contributed by atoms with Crippen molar-refractivity contribution in [3.05, 3.63) is 69.0 Å². The number of anilines is 1. The van der Waals surface area contributed by atoms with Crippen LogP contribution in [-0.2, 0) is 17.9 Å². The van der Waals surface area contributed by atoms with E-state index in [9.17, 15) is 19.5 Å². The van der Waals surface area contributed by atoms with Crippen molar-refractivity contribution in [1.29, 1.82) is 0 Å². The van der Waals surface area contributed by atoms with Gasteiger partial charge in [-0.25, -0.2) is 4.98 Å². The van der Waals surface area contributed by atoms with E-state index in [1.807, 2.05) is 0 Å². The second-order valence-electron chi connectivity index (χ2n) is 8.36. The van der Waals surface area contributed by atoms with Gasteiger partial charge in [-0.2, -0.15) is 0 Å². The van der Waals surface area contributed by atoms with Gasteiger partial charge in [0, 0.05) is 24.0 Å². The molecule has 2 aromatic heterocycles. The van der Waals surface area contributed by atoms with E-state index in [2.05, 4.69) is 15.6 Å². The van der Waals surface area contributed by atoms with Crippen LogP contribution in [0.3, 0.4) is 0 Å². The van der Waals surface area contributed by atoms with Crippen molar-refractivity contribution in [2.75, 3.05) is 25.5 Å². The number of fused-ring (bicyclic) bond motifs is 1. The van der Waals surface area contributed by atoms with Crippen LogP contribution in [0.1, 0.15) is 22.8 Å². The van der Waals surface area contributed by atoms with Gasteiger partial charge in [0.1, 0.15) is 23.6 Å². The van der Waals surface area contributed by atoms with Crippen molar-refractivity contribution in [3.63, 3.8) is 0 Å². The highest BCUT2D eigenvalue weighted by Crippen LogP contribution is 2.21. The van der Waals surface area contributed by atoms with Crippen molar-refractivity contribution >= 4 is 40.3 Å². The molecule has 172 valence electrons. The number of hydrogen-bond acceptors (Lipinski definition) is 6. The van der Waals surface area contributed by atoms with E-state index in [-0.39, 0.29) is 37.6 Å². The average Bonchev–Trinajstić information content (AvgIpc) is 2.78. The van der Waals surface area contributed by atoms with E-state index in [1.54, 1.807) is 50.4 Å². The quantitative estimate of drug-likeness (QED) is 0.505. The predicted molar refractivity (Wildman–Crippen MR) is 125 cm³/mol. The molecule has 10 heteroatoms. The molecule has 0 unspecified atom stereocenters. The maximum absolute atomic E-state index is 13.3. The van der Waals surface area contributed by atoms with Crippen molar-refractivity contribution in [2.45, 2.75) is 25.6 Å². The number of β-amino-alcohol motifs (C(OH)–C–C–N with tert-alkyl or cyclic N) is 1. The molecule has 4 rings (SSSR count). The van der Waals surface area contributed by atoms with Gasteiger partial charge in [0.15, 0.2) is 0 Å². The Hall–Kier alpha value is -3.43. The maximum Gasteiger partial charge on any atom is 0.265 e. The maximum atomic E-state index is 13.3. The molecule has 0 bridgehead atoms. The molecule has 0 aliphatic carbocycles. The zero-order chi connectivity index (χ0) is 23.8. The number of hydrogen-bond donors (Lipinski definition) is 3. The Labute approximate surface area is 195 Å². The first-order chi connectivity index (χ1) is 15.7. The van der Waals surface area contributed by atoms with Crippen molar-refractivity contribution in [2.24, 2.45) is 0 Å². The predicted octanol–water partition coefficient (Wildman–Crippen LogP) is 1.61. The summed E-state index contributed by atoms with van der Waals surface area (Å²) in [6, 6.07) is 11.9. The lowest BCUT2D eigenvalue weighted by Crippen LogP contribution is -2.62. The molecule has 1 saturated heterocycles. The Morgan fingerprint density at radius 2 is 1.88 bits per heavy atom. The average molecular weight is 470 g/mol. The molecular weight excluding hydrogens is 446 g/mol. The van der Waals surface area contributed by atoms with Crippen LogP contribution in [0.25, 0.3) is 11.0 Å². The van der Waals surface area contributed by atoms with E-state index in [1.165, 1.54) is 15.5 Å². The lowest BCUT2D eigenvalue weighted by molar-refractivity contribution is -0.152. The van der Waals surface area contributed by atoms with Crippen molar-refractivity contribution < 1.29 is 14.7 Å². The number of carbonyl (C=O) groups is 2. The molecule has 0 spiro atoms. The third kappa shape index (κ3) is 4.84. The number of nitrogens with zero attached hydrogens (tertiary/aromatic N) is 3. The number of halogens is 1. The monoisotopic (exact) mass is 469 g/mol. The second kappa shape index (κ2) is 8.84. The Morgan fingerprint density at radius 3 is 2.52 bits per heavy atom. The van der Waals surface area contributed by atoms with Crippen molar-refractivity contribution in [1.82, 2.24) is 19.8 Å². The number of amides is 2. The van der Waals surface area contributed by atoms with Crippen LogP contribution in [0.4, 0.5) is 5.82 Å². The van der Waals surface area contributed by atoms with Gasteiger partial charge in [-0.3, -0.25) is 19.0 Å². The van der Waals surface area contributed by atoms with Crippen LogP contribution in [0.5, 0.6) is 0 Å². The Morgan fingerprint density at radius 1 is 1.18 bits per heavy atom. The van der Waals surface area contributed by atoms with E-state index < -0.39 is 17.1 Å². The van der Waals surface area contributed by atoms with Crippen LogP contribution in [0.15, 0.2) is 47.3 Å². The normalized spacial score (nSPS) is 14.6. The number of benzene rings is 1. The van der Waals surface area contributed by atoms with Gasteiger partial charge < -0.3 is 20.6 Å². The molecular formula is C23H24ClN5O4. The lowest BCUT2D eigenvalue weighted by Gasteiger charge is -2.44.